The zero-order chi connectivity index (χ0) is 14.5. The minimum absolute atomic E-state index is 0.194. The Balaban J connectivity index is 2.29. The molecule has 0 saturated heterocycles. The highest BCUT2D eigenvalue weighted by Crippen LogP contribution is 2.35. The van der Waals surface area contributed by atoms with E-state index in [1.165, 1.54) is 5.56 Å². The third-order valence-corrected chi connectivity index (χ3v) is 3.88. The lowest BCUT2D eigenvalue weighted by molar-refractivity contribution is 0.354. The Hall–Kier alpha value is -1.67. The highest BCUT2D eigenvalue weighted by molar-refractivity contribution is 6.22. The fourth-order valence-electron chi connectivity index (χ4n) is 2.13. The maximum Gasteiger partial charge on any atom is 0.161 e. The van der Waals surface area contributed by atoms with Gasteiger partial charge < -0.3 is 9.47 Å². The van der Waals surface area contributed by atoms with Crippen molar-refractivity contribution < 1.29 is 9.47 Å². The molecule has 0 fully saturated rings. The van der Waals surface area contributed by atoms with Crippen molar-refractivity contribution in [3.05, 3.63) is 59.2 Å². The lowest BCUT2D eigenvalue weighted by atomic mass is 10.0. The van der Waals surface area contributed by atoms with Crippen LogP contribution >= 0.6 is 11.6 Å². The quantitative estimate of drug-likeness (QED) is 0.750. The molecule has 0 amide bonds. The van der Waals surface area contributed by atoms with Crippen molar-refractivity contribution in [1.82, 2.24) is 0 Å². The first-order valence-corrected chi connectivity index (χ1v) is 7.08. The summed E-state index contributed by atoms with van der Waals surface area (Å²) in [4.78, 5) is 0. The topological polar surface area (TPSA) is 18.5 Å². The Bertz CT molecular complexity index is 564. The summed E-state index contributed by atoms with van der Waals surface area (Å²) in [6.07, 6.45) is 1.03. The molecule has 0 saturated carbocycles. The second-order valence-electron chi connectivity index (χ2n) is 4.57. The third-order valence-electron chi connectivity index (χ3n) is 3.38. The van der Waals surface area contributed by atoms with E-state index in [2.05, 4.69) is 31.2 Å². The summed E-state index contributed by atoms with van der Waals surface area (Å²) in [5.74, 6) is 1.40. The van der Waals surface area contributed by atoms with Gasteiger partial charge in [0.1, 0.15) is 0 Å². The van der Waals surface area contributed by atoms with Gasteiger partial charge in [-0.15, -0.1) is 11.6 Å². The zero-order valence-corrected chi connectivity index (χ0v) is 12.8. The number of aryl methyl sites for hydroxylation is 1. The van der Waals surface area contributed by atoms with Gasteiger partial charge in [-0.2, -0.15) is 0 Å². The molecule has 0 N–H and O–H groups in total. The molecular formula is C17H19ClO2. The van der Waals surface area contributed by atoms with Crippen molar-refractivity contribution in [2.45, 2.75) is 18.7 Å². The normalized spacial score (nSPS) is 12.0. The van der Waals surface area contributed by atoms with Gasteiger partial charge >= 0.3 is 0 Å². The van der Waals surface area contributed by atoms with E-state index in [1.807, 2.05) is 18.2 Å². The van der Waals surface area contributed by atoms with Crippen molar-refractivity contribution >= 4 is 11.6 Å². The Morgan fingerprint density at radius 1 is 0.900 bits per heavy atom. The number of benzene rings is 2. The molecule has 2 rings (SSSR count). The van der Waals surface area contributed by atoms with E-state index in [0.717, 1.165) is 17.5 Å². The SMILES string of the molecule is CCc1ccc(C(Cl)c2ccc(OC)c(OC)c2)cc1. The van der Waals surface area contributed by atoms with Gasteiger partial charge in [-0.25, -0.2) is 0 Å². The van der Waals surface area contributed by atoms with E-state index >= 15 is 0 Å². The Labute approximate surface area is 125 Å². The molecule has 1 atom stereocenters. The van der Waals surface area contributed by atoms with Crippen molar-refractivity contribution in [1.29, 1.82) is 0 Å². The predicted octanol–water partition coefficient (Wildman–Crippen LogP) is 4.59. The number of ether oxygens (including phenoxy) is 2. The lowest BCUT2D eigenvalue weighted by Crippen LogP contribution is -1.96. The standard InChI is InChI=1S/C17H19ClO2/c1-4-12-5-7-13(8-6-12)17(18)14-9-10-15(19-2)16(11-14)20-3/h5-11,17H,4H2,1-3H3. The molecule has 20 heavy (non-hydrogen) atoms. The largest absolute Gasteiger partial charge is 0.493 e. The van der Waals surface area contributed by atoms with Crippen molar-refractivity contribution in [2.24, 2.45) is 0 Å². The van der Waals surface area contributed by atoms with Crippen LogP contribution in [-0.4, -0.2) is 14.2 Å². The number of alkyl halides is 1. The number of rotatable bonds is 5. The number of halogens is 1. The summed E-state index contributed by atoms with van der Waals surface area (Å²) >= 11 is 6.56. The van der Waals surface area contributed by atoms with Crippen LogP contribution in [0, 0.1) is 0 Å². The van der Waals surface area contributed by atoms with Gasteiger partial charge in [0.25, 0.3) is 0 Å². The Morgan fingerprint density at radius 2 is 1.50 bits per heavy atom. The van der Waals surface area contributed by atoms with Crippen molar-refractivity contribution in [2.75, 3.05) is 14.2 Å². The molecule has 0 bridgehead atoms. The summed E-state index contributed by atoms with van der Waals surface area (Å²) in [5, 5.41) is -0.194. The molecule has 0 aliphatic rings. The monoisotopic (exact) mass is 290 g/mol. The first kappa shape index (κ1) is 14.7. The smallest absolute Gasteiger partial charge is 0.161 e. The molecule has 3 heteroatoms. The first-order chi connectivity index (χ1) is 9.69. The molecule has 1 unspecified atom stereocenters. The molecule has 2 aromatic carbocycles. The molecule has 0 aromatic heterocycles. The molecule has 0 aliphatic carbocycles. The van der Waals surface area contributed by atoms with Crippen molar-refractivity contribution in [3.63, 3.8) is 0 Å². The highest BCUT2D eigenvalue weighted by atomic mass is 35.5. The summed E-state index contributed by atoms with van der Waals surface area (Å²) in [6.45, 7) is 2.14. The highest BCUT2D eigenvalue weighted by Gasteiger charge is 2.13. The second-order valence-corrected chi connectivity index (χ2v) is 5.01. The lowest BCUT2D eigenvalue weighted by Gasteiger charge is -2.14. The molecule has 0 radical (unpaired) electrons. The fraction of sp³-hybridized carbons (Fsp3) is 0.294. The summed E-state index contributed by atoms with van der Waals surface area (Å²) in [7, 11) is 3.25. The number of methoxy groups -OCH3 is 2. The molecule has 2 aromatic rings. The van der Waals surface area contributed by atoms with Gasteiger partial charge in [-0.05, 0) is 35.2 Å². The van der Waals surface area contributed by atoms with E-state index < -0.39 is 0 Å². The molecule has 0 spiro atoms. The summed E-state index contributed by atoms with van der Waals surface area (Å²) in [6, 6.07) is 14.2. The maximum atomic E-state index is 6.56. The molecule has 106 valence electrons. The minimum Gasteiger partial charge on any atom is -0.493 e. The average molecular weight is 291 g/mol. The minimum atomic E-state index is -0.194. The van der Waals surface area contributed by atoms with E-state index in [0.29, 0.717) is 11.5 Å². The van der Waals surface area contributed by atoms with Crippen LogP contribution in [0.5, 0.6) is 11.5 Å². The van der Waals surface area contributed by atoms with Gasteiger partial charge in [-0.1, -0.05) is 37.3 Å². The predicted molar refractivity (Wildman–Crippen MR) is 83.1 cm³/mol. The van der Waals surface area contributed by atoms with E-state index in [-0.39, 0.29) is 5.38 Å². The van der Waals surface area contributed by atoms with Crippen molar-refractivity contribution in [3.8, 4) is 11.5 Å². The van der Waals surface area contributed by atoms with Gasteiger partial charge in [0, 0.05) is 0 Å². The van der Waals surface area contributed by atoms with Gasteiger partial charge in [0.15, 0.2) is 11.5 Å². The average Bonchev–Trinajstić information content (AvgIpc) is 2.53. The number of hydrogen-bond donors (Lipinski definition) is 0. The van der Waals surface area contributed by atoms with Crippen LogP contribution in [0.3, 0.4) is 0 Å². The molecule has 2 nitrogen and oxygen atoms in total. The maximum absolute atomic E-state index is 6.56. The zero-order valence-electron chi connectivity index (χ0n) is 12.0. The third kappa shape index (κ3) is 3.07. The van der Waals surface area contributed by atoms with Crippen LogP contribution in [0.2, 0.25) is 0 Å². The van der Waals surface area contributed by atoms with Crippen LogP contribution in [0.25, 0.3) is 0 Å². The second kappa shape index (κ2) is 6.67. The van der Waals surface area contributed by atoms with Gasteiger partial charge in [-0.3, -0.25) is 0 Å². The van der Waals surface area contributed by atoms with Crippen LogP contribution in [-0.2, 0) is 6.42 Å². The number of hydrogen-bond acceptors (Lipinski definition) is 2. The van der Waals surface area contributed by atoms with E-state index in [1.54, 1.807) is 14.2 Å². The van der Waals surface area contributed by atoms with Gasteiger partial charge in [0.05, 0.1) is 19.6 Å². The van der Waals surface area contributed by atoms with Crippen LogP contribution in [0.1, 0.15) is 29.0 Å². The van der Waals surface area contributed by atoms with Crippen LogP contribution in [0.15, 0.2) is 42.5 Å². The van der Waals surface area contributed by atoms with Gasteiger partial charge in [0.2, 0.25) is 0 Å². The fourth-order valence-corrected chi connectivity index (χ4v) is 2.41. The molecular weight excluding hydrogens is 272 g/mol. The molecule has 0 aliphatic heterocycles. The Morgan fingerprint density at radius 3 is 2.05 bits per heavy atom. The van der Waals surface area contributed by atoms with Crippen LogP contribution < -0.4 is 9.47 Å². The van der Waals surface area contributed by atoms with E-state index in [9.17, 15) is 0 Å². The van der Waals surface area contributed by atoms with Crippen LogP contribution in [0.4, 0.5) is 0 Å². The summed E-state index contributed by atoms with van der Waals surface area (Å²) in [5.41, 5.74) is 3.38. The first-order valence-electron chi connectivity index (χ1n) is 6.64. The summed E-state index contributed by atoms with van der Waals surface area (Å²) < 4.78 is 10.6. The molecule has 0 heterocycles. The van der Waals surface area contributed by atoms with E-state index in [4.69, 9.17) is 21.1 Å². The Kier molecular flexibility index (Phi) is 4.91.